The Labute approximate surface area is 194 Å². The second-order valence-electron chi connectivity index (χ2n) is 7.45. The van der Waals surface area contributed by atoms with Crippen LogP contribution in [-0.2, 0) is 0 Å². The van der Waals surface area contributed by atoms with Gasteiger partial charge in [-0.05, 0) is 43.7 Å². The van der Waals surface area contributed by atoms with Crippen LogP contribution in [0.1, 0.15) is 20.8 Å². The molecule has 32 heavy (non-hydrogen) atoms. The number of para-hydroxylation sites is 2. The number of ether oxygens (including phenoxy) is 2. The van der Waals surface area contributed by atoms with E-state index < -0.39 is 0 Å². The molecule has 2 aromatic carbocycles. The number of aromatic nitrogens is 2. The molecular weight excluding hydrogens is 442 g/mol. The van der Waals surface area contributed by atoms with Gasteiger partial charge in [0.25, 0.3) is 5.91 Å². The maximum absolute atomic E-state index is 13.0. The van der Waals surface area contributed by atoms with E-state index in [-0.39, 0.29) is 12.0 Å². The third kappa shape index (κ3) is 4.03. The molecule has 1 N–H and O–H groups in total. The lowest BCUT2D eigenvalue weighted by Gasteiger charge is -2.26. The number of nitrogens with one attached hydrogen (secondary N) is 1. The van der Waals surface area contributed by atoms with Gasteiger partial charge in [0.2, 0.25) is 0 Å². The Morgan fingerprint density at radius 2 is 1.91 bits per heavy atom. The highest BCUT2D eigenvalue weighted by Gasteiger charge is 2.22. The van der Waals surface area contributed by atoms with Gasteiger partial charge in [-0.15, -0.1) is 11.3 Å². The van der Waals surface area contributed by atoms with Crippen LogP contribution in [0.2, 0.25) is 0 Å². The van der Waals surface area contributed by atoms with Crippen molar-refractivity contribution in [3.05, 3.63) is 70.9 Å². The lowest BCUT2D eigenvalue weighted by molar-refractivity contribution is 0.0787. The van der Waals surface area contributed by atoms with Crippen molar-refractivity contribution in [2.45, 2.75) is 29.9 Å². The topological polar surface area (TPSA) is 73.3 Å². The summed E-state index contributed by atoms with van der Waals surface area (Å²) in [5, 5.41) is 4.91. The van der Waals surface area contributed by atoms with Crippen molar-refractivity contribution in [2.24, 2.45) is 0 Å². The normalized spacial score (nSPS) is 15.0. The number of benzene rings is 2. The van der Waals surface area contributed by atoms with Crippen LogP contribution in [0, 0.1) is 13.8 Å². The highest BCUT2D eigenvalue weighted by Crippen LogP contribution is 2.38. The first kappa shape index (κ1) is 20.8. The van der Waals surface area contributed by atoms with Gasteiger partial charge in [0, 0.05) is 15.2 Å². The number of carbonyl (C=O) groups is 1. The fourth-order valence-electron chi connectivity index (χ4n) is 3.54. The van der Waals surface area contributed by atoms with Crippen LogP contribution in [0.15, 0.2) is 64.8 Å². The Morgan fingerprint density at radius 1 is 1.12 bits per heavy atom. The molecule has 1 unspecified atom stereocenters. The molecule has 4 aromatic rings. The summed E-state index contributed by atoms with van der Waals surface area (Å²) in [6, 6.07) is 15.1. The molecule has 6 nitrogen and oxygen atoms in total. The zero-order valence-electron chi connectivity index (χ0n) is 17.6. The number of amides is 1. The van der Waals surface area contributed by atoms with Crippen LogP contribution in [0.4, 0.5) is 0 Å². The van der Waals surface area contributed by atoms with E-state index in [0.29, 0.717) is 24.5 Å². The number of fused-ring (bicyclic) bond motifs is 2. The Morgan fingerprint density at radius 3 is 2.78 bits per heavy atom. The third-order valence-corrected chi connectivity index (χ3v) is 7.52. The molecule has 0 fully saturated rings. The standard InChI is InChI=1S/C24H21N3O3S2/c1-14-15(2)31-23-21(14)24(27-13-26-23)32-20-10-6-3-7-17(20)22(28)25-11-16-12-29-18-8-4-5-9-19(18)30-16/h3-10,13,16H,11-12H2,1-2H3,(H,25,28). The molecule has 1 aliphatic rings. The van der Waals surface area contributed by atoms with Crippen LogP contribution in [0.5, 0.6) is 11.5 Å². The summed E-state index contributed by atoms with van der Waals surface area (Å²) in [6.07, 6.45) is 1.34. The number of aryl methyl sites for hydroxylation is 2. The van der Waals surface area contributed by atoms with Gasteiger partial charge in [0.15, 0.2) is 11.5 Å². The Balaban J connectivity index is 1.32. The van der Waals surface area contributed by atoms with E-state index in [9.17, 15) is 4.79 Å². The van der Waals surface area contributed by atoms with E-state index in [1.54, 1.807) is 17.7 Å². The molecule has 0 saturated carbocycles. The molecule has 5 rings (SSSR count). The van der Waals surface area contributed by atoms with Crippen molar-refractivity contribution in [1.29, 1.82) is 0 Å². The van der Waals surface area contributed by atoms with Crippen LogP contribution in [0.3, 0.4) is 0 Å². The monoisotopic (exact) mass is 463 g/mol. The quantitative estimate of drug-likeness (QED) is 0.419. The summed E-state index contributed by atoms with van der Waals surface area (Å²) in [6.45, 7) is 4.92. The summed E-state index contributed by atoms with van der Waals surface area (Å²) in [5.74, 6) is 1.27. The Bertz CT molecular complexity index is 1300. The van der Waals surface area contributed by atoms with E-state index in [4.69, 9.17) is 9.47 Å². The van der Waals surface area contributed by atoms with Crippen molar-refractivity contribution >= 4 is 39.2 Å². The Hall–Kier alpha value is -3.10. The second kappa shape index (κ2) is 8.80. The first-order valence-corrected chi connectivity index (χ1v) is 11.9. The zero-order valence-corrected chi connectivity index (χ0v) is 19.3. The lowest BCUT2D eigenvalue weighted by atomic mass is 10.2. The van der Waals surface area contributed by atoms with E-state index in [2.05, 4.69) is 29.1 Å². The molecule has 3 heterocycles. The molecule has 162 valence electrons. The minimum absolute atomic E-state index is 0.154. The zero-order chi connectivity index (χ0) is 22.1. The summed E-state index contributed by atoms with van der Waals surface area (Å²) < 4.78 is 11.7. The Kier molecular flexibility index (Phi) is 5.71. The number of hydrogen-bond acceptors (Lipinski definition) is 7. The largest absolute Gasteiger partial charge is 0.486 e. The van der Waals surface area contributed by atoms with Crippen molar-refractivity contribution in [1.82, 2.24) is 15.3 Å². The fraction of sp³-hybridized carbons (Fsp3) is 0.208. The van der Waals surface area contributed by atoms with Crippen molar-refractivity contribution in [2.75, 3.05) is 13.2 Å². The highest BCUT2D eigenvalue weighted by molar-refractivity contribution is 7.99. The molecule has 1 aliphatic heterocycles. The third-order valence-electron chi connectivity index (χ3n) is 5.33. The van der Waals surface area contributed by atoms with Crippen LogP contribution < -0.4 is 14.8 Å². The van der Waals surface area contributed by atoms with E-state index in [1.165, 1.54) is 22.2 Å². The van der Waals surface area contributed by atoms with E-state index >= 15 is 0 Å². The minimum Gasteiger partial charge on any atom is -0.486 e. The molecular formula is C24H21N3O3S2. The van der Waals surface area contributed by atoms with Crippen molar-refractivity contribution in [3.8, 4) is 11.5 Å². The average Bonchev–Trinajstić information content (AvgIpc) is 3.12. The smallest absolute Gasteiger partial charge is 0.252 e. The number of rotatable bonds is 5. The molecule has 1 amide bonds. The number of carbonyl (C=O) groups excluding carboxylic acids is 1. The van der Waals surface area contributed by atoms with Gasteiger partial charge in [0.05, 0.1) is 12.1 Å². The number of thiophene rings is 1. The van der Waals surface area contributed by atoms with Gasteiger partial charge in [-0.3, -0.25) is 4.79 Å². The molecule has 0 bridgehead atoms. The summed E-state index contributed by atoms with van der Waals surface area (Å²) >= 11 is 3.15. The maximum Gasteiger partial charge on any atom is 0.252 e. The van der Waals surface area contributed by atoms with Crippen LogP contribution in [-0.4, -0.2) is 35.1 Å². The van der Waals surface area contributed by atoms with Gasteiger partial charge < -0.3 is 14.8 Å². The van der Waals surface area contributed by atoms with Gasteiger partial charge in [-0.1, -0.05) is 36.0 Å². The first-order valence-electron chi connectivity index (χ1n) is 10.2. The maximum atomic E-state index is 13.0. The first-order chi connectivity index (χ1) is 15.6. The SMILES string of the molecule is Cc1sc2ncnc(Sc3ccccc3C(=O)NCC3COc4ccccc4O3)c2c1C. The summed E-state index contributed by atoms with van der Waals surface area (Å²) in [7, 11) is 0. The molecule has 2 aromatic heterocycles. The lowest BCUT2D eigenvalue weighted by Crippen LogP contribution is -2.40. The van der Waals surface area contributed by atoms with Gasteiger partial charge in [0.1, 0.15) is 28.9 Å². The fourth-order valence-corrected chi connectivity index (χ4v) is 5.68. The molecule has 0 radical (unpaired) electrons. The van der Waals surface area contributed by atoms with Crippen molar-refractivity contribution in [3.63, 3.8) is 0 Å². The van der Waals surface area contributed by atoms with Gasteiger partial charge >= 0.3 is 0 Å². The second-order valence-corrected chi connectivity index (χ2v) is 9.68. The summed E-state index contributed by atoms with van der Waals surface area (Å²) in [5.41, 5.74) is 1.79. The predicted molar refractivity (Wildman–Crippen MR) is 126 cm³/mol. The molecule has 0 spiro atoms. The molecule has 8 heteroatoms. The highest BCUT2D eigenvalue weighted by atomic mass is 32.2. The van der Waals surface area contributed by atoms with Gasteiger partial charge in [-0.2, -0.15) is 0 Å². The van der Waals surface area contributed by atoms with Crippen LogP contribution >= 0.6 is 23.1 Å². The number of hydrogen-bond donors (Lipinski definition) is 1. The van der Waals surface area contributed by atoms with Crippen LogP contribution in [0.25, 0.3) is 10.2 Å². The van der Waals surface area contributed by atoms with E-state index in [0.717, 1.165) is 25.9 Å². The average molecular weight is 464 g/mol. The van der Waals surface area contributed by atoms with Crippen molar-refractivity contribution < 1.29 is 14.3 Å². The summed E-state index contributed by atoms with van der Waals surface area (Å²) in [4.78, 5) is 25.0. The minimum atomic E-state index is -0.244. The molecule has 0 aliphatic carbocycles. The molecule has 1 atom stereocenters. The molecule has 0 saturated heterocycles. The predicted octanol–water partition coefficient (Wildman–Crippen LogP) is 5.03. The van der Waals surface area contributed by atoms with E-state index in [1.807, 2.05) is 48.5 Å². The van der Waals surface area contributed by atoms with Gasteiger partial charge in [-0.25, -0.2) is 9.97 Å². The number of nitrogens with zero attached hydrogens (tertiary/aromatic N) is 2.